The molecule has 2 bridgehead atoms. The van der Waals surface area contributed by atoms with Crippen molar-refractivity contribution < 1.29 is 8.42 Å². The smallest absolute Gasteiger partial charge is 0.207 e. The van der Waals surface area contributed by atoms with E-state index in [4.69, 9.17) is 0 Å². The third-order valence-electron chi connectivity index (χ3n) is 4.54. The van der Waals surface area contributed by atoms with E-state index in [2.05, 4.69) is 4.72 Å². The molecule has 1 heterocycles. The van der Waals surface area contributed by atoms with Crippen molar-refractivity contribution >= 4 is 21.4 Å². The standard InChI is InChI=1S/C13H19NO2S2/c1-9(12-8-10-4-5-11(12)7-10)14-18(15,16)13-3-2-6-17-13/h2-3,6,9-12,14H,4-5,7-8H2,1H3. The molecular formula is C13H19NO2S2. The number of nitrogens with one attached hydrogen (secondary N) is 1. The lowest BCUT2D eigenvalue weighted by atomic mass is 9.84. The van der Waals surface area contributed by atoms with Crippen LogP contribution in [0.2, 0.25) is 0 Å². The zero-order valence-corrected chi connectivity index (χ0v) is 12.1. The first kappa shape index (κ1) is 12.6. The highest BCUT2D eigenvalue weighted by molar-refractivity contribution is 7.91. The molecular weight excluding hydrogens is 266 g/mol. The van der Waals surface area contributed by atoms with Gasteiger partial charge in [0.25, 0.3) is 0 Å². The summed E-state index contributed by atoms with van der Waals surface area (Å²) in [7, 11) is -3.30. The molecule has 2 saturated carbocycles. The Morgan fingerprint density at radius 3 is 2.78 bits per heavy atom. The van der Waals surface area contributed by atoms with Gasteiger partial charge in [0.1, 0.15) is 4.21 Å². The van der Waals surface area contributed by atoms with Crippen molar-refractivity contribution in [2.75, 3.05) is 0 Å². The van der Waals surface area contributed by atoms with E-state index in [1.165, 1.54) is 37.0 Å². The molecule has 2 aliphatic rings. The third-order valence-corrected chi connectivity index (χ3v) is 7.49. The maximum Gasteiger partial charge on any atom is 0.250 e. The van der Waals surface area contributed by atoms with Crippen LogP contribution in [0.4, 0.5) is 0 Å². The minimum Gasteiger partial charge on any atom is -0.207 e. The second kappa shape index (κ2) is 4.62. The molecule has 4 unspecified atom stereocenters. The van der Waals surface area contributed by atoms with Gasteiger partial charge in [0.15, 0.2) is 0 Å². The van der Waals surface area contributed by atoms with Crippen molar-refractivity contribution in [3.05, 3.63) is 17.5 Å². The topological polar surface area (TPSA) is 46.2 Å². The van der Waals surface area contributed by atoms with Gasteiger partial charge in [-0.15, -0.1) is 11.3 Å². The highest BCUT2D eigenvalue weighted by Gasteiger charge is 2.42. The molecule has 3 nitrogen and oxygen atoms in total. The maximum atomic E-state index is 12.2. The summed E-state index contributed by atoms with van der Waals surface area (Å²) in [6.45, 7) is 2.02. The van der Waals surface area contributed by atoms with E-state index < -0.39 is 10.0 Å². The average Bonchev–Trinajstić information content (AvgIpc) is 3.05. The van der Waals surface area contributed by atoms with Crippen molar-refractivity contribution in [3.8, 4) is 0 Å². The van der Waals surface area contributed by atoms with Crippen LogP contribution >= 0.6 is 11.3 Å². The fourth-order valence-electron chi connectivity index (χ4n) is 3.71. The van der Waals surface area contributed by atoms with Crippen LogP contribution in [0.15, 0.2) is 21.7 Å². The molecule has 5 heteroatoms. The first-order valence-corrected chi connectivity index (χ1v) is 8.98. The molecule has 1 aromatic heterocycles. The van der Waals surface area contributed by atoms with Crippen LogP contribution in [-0.2, 0) is 10.0 Å². The molecule has 2 fully saturated rings. The Labute approximate surface area is 113 Å². The molecule has 1 aromatic rings. The van der Waals surface area contributed by atoms with E-state index in [-0.39, 0.29) is 6.04 Å². The van der Waals surface area contributed by atoms with E-state index >= 15 is 0 Å². The molecule has 0 aliphatic heterocycles. The highest BCUT2D eigenvalue weighted by atomic mass is 32.2. The summed E-state index contributed by atoms with van der Waals surface area (Å²) in [5, 5.41) is 1.80. The Kier molecular flexibility index (Phi) is 3.24. The largest absolute Gasteiger partial charge is 0.250 e. The molecule has 4 atom stereocenters. The Hall–Kier alpha value is -0.390. The molecule has 0 radical (unpaired) electrons. The number of hydrogen-bond acceptors (Lipinski definition) is 3. The fraction of sp³-hybridized carbons (Fsp3) is 0.692. The summed E-state index contributed by atoms with van der Waals surface area (Å²) < 4.78 is 27.6. The summed E-state index contributed by atoms with van der Waals surface area (Å²) in [5.74, 6) is 2.14. The predicted octanol–water partition coefficient (Wildman–Crippen LogP) is 2.85. The molecule has 2 aliphatic carbocycles. The zero-order chi connectivity index (χ0) is 12.8. The molecule has 0 saturated heterocycles. The van der Waals surface area contributed by atoms with Gasteiger partial charge in [-0.25, -0.2) is 13.1 Å². The normalized spacial score (nSPS) is 32.8. The van der Waals surface area contributed by atoms with Gasteiger partial charge in [0.2, 0.25) is 10.0 Å². The van der Waals surface area contributed by atoms with Crippen molar-refractivity contribution in [1.29, 1.82) is 0 Å². The zero-order valence-electron chi connectivity index (χ0n) is 10.5. The van der Waals surface area contributed by atoms with E-state index in [9.17, 15) is 8.42 Å². The highest BCUT2D eigenvalue weighted by Crippen LogP contribution is 2.49. The van der Waals surface area contributed by atoms with Crippen molar-refractivity contribution in [2.24, 2.45) is 17.8 Å². The number of rotatable bonds is 4. The van der Waals surface area contributed by atoms with E-state index in [1.54, 1.807) is 17.5 Å². The maximum absolute atomic E-state index is 12.2. The van der Waals surface area contributed by atoms with Crippen LogP contribution in [0.1, 0.15) is 32.6 Å². The molecule has 0 spiro atoms. The Morgan fingerprint density at radius 2 is 2.22 bits per heavy atom. The first-order valence-electron chi connectivity index (χ1n) is 6.62. The monoisotopic (exact) mass is 285 g/mol. The Morgan fingerprint density at radius 1 is 1.39 bits per heavy atom. The molecule has 3 rings (SSSR count). The number of thiophene rings is 1. The minimum absolute atomic E-state index is 0.0624. The SMILES string of the molecule is CC(NS(=O)(=O)c1cccs1)C1CC2CCC1C2. The third kappa shape index (κ3) is 2.24. The van der Waals surface area contributed by atoms with Gasteiger partial charge in [-0.1, -0.05) is 12.5 Å². The van der Waals surface area contributed by atoms with Crippen molar-refractivity contribution in [2.45, 2.75) is 42.9 Å². The Balaban J connectivity index is 1.70. The van der Waals surface area contributed by atoms with E-state index in [1.807, 2.05) is 6.92 Å². The van der Waals surface area contributed by atoms with Gasteiger partial charge in [-0.3, -0.25) is 0 Å². The summed E-state index contributed by atoms with van der Waals surface area (Å²) in [6.07, 6.45) is 5.17. The lowest BCUT2D eigenvalue weighted by Gasteiger charge is -2.28. The fourth-order valence-corrected chi connectivity index (χ4v) is 6.02. The van der Waals surface area contributed by atoms with Crippen molar-refractivity contribution in [1.82, 2.24) is 4.72 Å². The number of fused-ring (bicyclic) bond motifs is 2. The molecule has 100 valence electrons. The summed E-state index contributed by atoms with van der Waals surface area (Å²) >= 11 is 1.28. The second-order valence-corrected chi connectivity index (χ2v) is 8.57. The van der Waals surface area contributed by atoms with Crippen LogP contribution in [0.25, 0.3) is 0 Å². The van der Waals surface area contributed by atoms with Crippen molar-refractivity contribution in [3.63, 3.8) is 0 Å². The van der Waals surface area contributed by atoms with E-state index in [0.29, 0.717) is 10.1 Å². The average molecular weight is 285 g/mol. The first-order chi connectivity index (χ1) is 8.56. The van der Waals surface area contributed by atoms with Crippen LogP contribution in [0, 0.1) is 17.8 Å². The second-order valence-electron chi connectivity index (χ2n) is 5.68. The lowest BCUT2D eigenvalue weighted by Crippen LogP contribution is -2.39. The molecule has 0 amide bonds. The minimum atomic E-state index is -3.30. The molecule has 0 aromatic carbocycles. The van der Waals surface area contributed by atoms with Crippen LogP contribution < -0.4 is 4.72 Å². The van der Waals surface area contributed by atoms with Gasteiger partial charge in [0.05, 0.1) is 0 Å². The van der Waals surface area contributed by atoms with Gasteiger partial charge in [-0.05, 0) is 55.4 Å². The van der Waals surface area contributed by atoms with Crippen LogP contribution in [0.5, 0.6) is 0 Å². The van der Waals surface area contributed by atoms with Gasteiger partial charge < -0.3 is 0 Å². The molecule has 18 heavy (non-hydrogen) atoms. The van der Waals surface area contributed by atoms with E-state index in [0.717, 1.165) is 11.8 Å². The Bertz CT molecular complexity index is 509. The predicted molar refractivity (Wildman–Crippen MR) is 73.0 cm³/mol. The number of hydrogen-bond donors (Lipinski definition) is 1. The summed E-state index contributed by atoms with van der Waals surface area (Å²) in [6, 6.07) is 3.51. The van der Waals surface area contributed by atoms with Gasteiger partial charge >= 0.3 is 0 Å². The summed E-state index contributed by atoms with van der Waals surface area (Å²) in [5.41, 5.74) is 0. The lowest BCUT2D eigenvalue weighted by molar-refractivity contribution is 0.280. The molecule has 1 N–H and O–H groups in total. The van der Waals surface area contributed by atoms with Gasteiger partial charge in [-0.2, -0.15) is 0 Å². The summed E-state index contributed by atoms with van der Waals surface area (Å²) in [4.78, 5) is 0. The van der Waals surface area contributed by atoms with Crippen LogP contribution in [-0.4, -0.2) is 14.5 Å². The van der Waals surface area contributed by atoms with Crippen LogP contribution in [0.3, 0.4) is 0 Å². The van der Waals surface area contributed by atoms with Gasteiger partial charge in [0, 0.05) is 6.04 Å². The number of sulfonamides is 1. The quantitative estimate of drug-likeness (QED) is 0.924.